The first-order chi connectivity index (χ1) is 29.1. The number of aldehydes is 1. The van der Waals surface area contributed by atoms with Gasteiger partial charge in [-0.2, -0.15) is 0 Å². The molecule has 0 bridgehead atoms. The van der Waals surface area contributed by atoms with E-state index in [9.17, 15) is 29.1 Å². The maximum Gasteiger partial charge on any atom is 0.229 e. The maximum absolute atomic E-state index is 10.9. The number of hydrogen-bond donors (Lipinski definition) is 4. The van der Waals surface area contributed by atoms with Gasteiger partial charge in [-0.05, 0) is 82.3 Å². The smallest absolute Gasteiger partial charge is 0.229 e. The lowest BCUT2D eigenvalue weighted by Gasteiger charge is -2.18. The Morgan fingerprint density at radius 3 is 2.21 bits per heavy atom. The van der Waals surface area contributed by atoms with Crippen molar-refractivity contribution in [2.24, 2.45) is 11.8 Å². The highest BCUT2D eigenvalue weighted by Gasteiger charge is 2.25. The molecule has 61 heavy (non-hydrogen) atoms. The molecule has 1 saturated heterocycles. The first-order valence-corrected chi connectivity index (χ1v) is 21.8. The summed E-state index contributed by atoms with van der Waals surface area (Å²) in [6.07, 6.45) is 4.77. The van der Waals surface area contributed by atoms with Gasteiger partial charge in [0.1, 0.15) is 22.4 Å². The maximum atomic E-state index is 10.9. The van der Waals surface area contributed by atoms with Crippen molar-refractivity contribution in [1.29, 1.82) is 0 Å². The molecule has 1 aliphatic heterocycles. The number of piperidine rings is 1. The molecule has 0 spiro atoms. The number of phenols is 1. The number of Topliss-reactive ketones (excluding diaryl/α,β-unsaturated/α-hetero) is 1. The van der Waals surface area contributed by atoms with Crippen molar-refractivity contribution in [1.82, 2.24) is 30.7 Å². The fourth-order valence-electron chi connectivity index (χ4n) is 5.81. The number of imide groups is 1. The van der Waals surface area contributed by atoms with Crippen molar-refractivity contribution in [3.05, 3.63) is 99.5 Å². The molecule has 1 aliphatic rings. The van der Waals surface area contributed by atoms with E-state index in [2.05, 4.69) is 65.0 Å². The molecule has 1 fully saturated rings. The third-order valence-corrected chi connectivity index (χ3v) is 10.8. The predicted molar refractivity (Wildman–Crippen MR) is 246 cm³/mol. The van der Waals surface area contributed by atoms with E-state index in [-0.39, 0.29) is 35.2 Å². The van der Waals surface area contributed by atoms with Crippen molar-refractivity contribution in [3.8, 4) is 10.8 Å². The molecule has 334 valence electrons. The number of carbonyl (C=O) groups is 5. The number of rotatable bonds is 15. The van der Waals surface area contributed by atoms with E-state index in [0.717, 1.165) is 65.6 Å². The summed E-state index contributed by atoms with van der Waals surface area (Å²) in [5.41, 5.74) is 5.27. The van der Waals surface area contributed by atoms with Crippen LogP contribution in [0.2, 0.25) is 0 Å². The van der Waals surface area contributed by atoms with E-state index in [4.69, 9.17) is 4.74 Å². The highest BCUT2D eigenvalue weighted by molar-refractivity contribution is 7.15. The number of likely N-dealkylation sites (N-methyl/N-ethyl adjacent to an activating group) is 1. The molecular weight excluding hydrogens is 793 g/mol. The minimum atomic E-state index is -0.130. The highest BCUT2D eigenvalue weighted by Crippen LogP contribution is 2.39. The highest BCUT2D eigenvalue weighted by atomic mass is 32.1. The monoisotopic (exact) mass is 860 g/mol. The van der Waals surface area contributed by atoms with Crippen LogP contribution in [-0.2, 0) is 25.5 Å². The van der Waals surface area contributed by atoms with Crippen molar-refractivity contribution in [2.75, 3.05) is 33.4 Å². The molecule has 3 heterocycles. The van der Waals surface area contributed by atoms with E-state index in [0.29, 0.717) is 49.5 Å². The average Bonchev–Trinajstić information content (AvgIpc) is 3.75. The van der Waals surface area contributed by atoms with Crippen molar-refractivity contribution < 1.29 is 33.8 Å². The molecule has 4 N–H and O–H groups in total. The Morgan fingerprint density at radius 1 is 1.03 bits per heavy atom. The van der Waals surface area contributed by atoms with Gasteiger partial charge in [-0.3, -0.25) is 33.9 Å². The Balaban J connectivity index is 0.000000453. The number of nitrogens with zero attached hydrogens (tertiary/aromatic N) is 3. The van der Waals surface area contributed by atoms with Crippen molar-refractivity contribution in [2.45, 2.75) is 101 Å². The first kappa shape index (κ1) is 53.7. The minimum Gasteiger partial charge on any atom is -0.508 e. The molecule has 0 radical (unpaired) electrons. The number of amides is 3. The summed E-state index contributed by atoms with van der Waals surface area (Å²) in [5, 5.41) is 27.5. The lowest BCUT2D eigenvalue weighted by Crippen LogP contribution is -2.40. The topological polar surface area (TPSA) is 182 Å². The number of nitrogens with one attached hydrogen (secondary N) is 3. The van der Waals surface area contributed by atoms with Crippen LogP contribution in [0.25, 0.3) is 10.6 Å². The number of carbonyl (C=O) groups excluding carboxylic acids is 5. The number of hydrogen-bond acceptors (Lipinski definition) is 11. The van der Waals surface area contributed by atoms with Crippen molar-refractivity contribution in [3.63, 3.8) is 0 Å². The fourth-order valence-corrected chi connectivity index (χ4v) is 7.06. The summed E-state index contributed by atoms with van der Waals surface area (Å²) in [4.78, 5) is 54.4. The van der Waals surface area contributed by atoms with Gasteiger partial charge in [0.15, 0.2) is 12.1 Å². The first-order valence-electron chi connectivity index (χ1n) is 20.9. The summed E-state index contributed by atoms with van der Waals surface area (Å²) in [6, 6.07) is 14.0. The Hall–Kier alpha value is -5.31. The predicted octanol–water partition coefficient (Wildman–Crippen LogP) is 8.15. The van der Waals surface area contributed by atoms with Crippen LogP contribution in [0.1, 0.15) is 128 Å². The van der Waals surface area contributed by atoms with Crippen LogP contribution in [0.15, 0.2) is 55.1 Å². The summed E-state index contributed by atoms with van der Waals surface area (Å²) < 4.78 is 7.34. The number of ketones is 1. The van der Waals surface area contributed by atoms with E-state index < -0.39 is 0 Å². The Labute approximate surface area is 366 Å². The fraction of sp³-hybridized carbons (Fsp3) is 0.468. The number of benzene rings is 2. The van der Waals surface area contributed by atoms with Crippen LogP contribution in [0.4, 0.5) is 0 Å². The van der Waals surface area contributed by atoms with Crippen LogP contribution >= 0.6 is 11.3 Å². The van der Waals surface area contributed by atoms with E-state index in [1.54, 1.807) is 47.7 Å². The lowest BCUT2D eigenvalue weighted by atomic mass is 9.96. The number of phenolic OH excluding ortho intramolecular Hbond substituents is 1. The van der Waals surface area contributed by atoms with Gasteiger partial charge in [0.05, 0.1) is 13.2 Å². The second kappa shape index (κ2) is 29.0. The van der Waals surface area contributed by atoms with Crippen LogP contribution in [0.5, 0.6) is 5.75 Å². The molecule has 4 aromatic rings. The SMILES string of the molecule is C=C(c1ccc(O)cc1)c1c(-n2c(C)nnc2CC(C)CC)sc(C)c1C.CC.CC(=O)c1ccccc1C=O.CCC1CCC(=O)NC1=O.CNCCOCCNC(C)=O. The molecule has 5 rings (SSSR count). The second-order valence-corrected chi connectivity index (χ2v) is 15.4. The Kier molecular flexibility index (Phi) is 25.6. The molecule has 2 aromatic heterocycles. The number of aromatic nitrogens is 3. The van der Waals surface area contributed by atoms with E-state index in [1.165, 1.54) is 24.3 Å². The molecule has 2 unspecified atom stereocenters. The number of thiophene rings is 1. The van der Waals surface area contributed by atoms with Gasteiger partial charge in [-0.25, -0.2) is 0 Å². The molecule has 2 aromatic carbocycles. The normalized spacial score (nSPS) is 13.3. The van der Waals surface area contributed by atoms with Crippen LogP contribution < -0.4 is 16.0 Å². The van der Waals surface area contributed by atoms with Gasteiger partial charge in [0, 0.05) is 60.3 Å². The van der Waals surface area contributed by atoms with E-state index in [1.807, 2.05) is 46.9 Å². The molecule has 13 nitrogen and oxygen atoms in total. The molecule has 0 aliphatic carbocycles. The third-order valence-electron chi connectivity index (χ3n) is 9.64. The van der Waals surface area contributed by atoms with Gasteiger partial charge >= 0.3 is 0 Å². The summed E-state index contributed by atoms with van der Waals surface area (Å²) in [7, 11) is 1.87. The lowest BCUT2D eigenvalue weighted by molar-refractivity contribution is -0.136. The Bertz CT molecular complexity index is 2000. The zero-order chi connectivity index (χ0) is 46.1. The molecule has 0 saturated carbocycles. The zero-order valence-corrected chi connectivity index (χ0v) is 38.9. The quantitative estimate of drug-likeness (QED) is 0.0394. The zero-order valence-electron chi connectivity index (χ0n) is 38.1. The molecule has 2 atom stereocenters. The van der Waals surface area contributed by atoms with Gasteiger partial charge in [0.2, 0.25) is 17.7 Å². The van der Waals surface area contributed by atoms with E-state index >= 15 is 0 Å². The van der Waals surface area contributed by atoms with Gasteiger partial charge < -0.3 is 20.5 Å². The van der Waals surface area contributed by atoms with Crippen molar-refractivity contribution >= 4 is 46.7 Å². The molecular formula is C47H68N6O7S. The molecule has 3 amide bonds. The van der Waals surface area contributed by atoms with Gasteiger partial charge in [-0.1, -0.05) is 84.0 Å². The molecule has 14 heteroatoms. The summed E-state index contributed by atoms with van der Waals surface area (Å²) in [5.74, 6) is 2.46. The average molecular weight is 861 g/mol. The van der Waals surface area contributed by atoms with Gasteiger partial charge in [-0.15, -0.1) is 21.5 Å². The van der Waals surface area contributed by atoms with Crippen LogP contribution in [0.3, 0.4) is 0 Å². The van der Waals surface area contributed by atoms with Gasteiger partial charge in [0.25, 0.3) is 0 Å². The number of ether oxygens (including phenoxy) is 1. The third kappa shape index (κ3) is 18.1. The Morgan fingerprint density at radius 2 is 1.67 bits per heavy atom. The largest absolute Gasteiger partial charge is 0.508 e. The standard InChI is InChI=1S/C22H27N3OS.C9H8O2.C7H16N2O2.C7H11NO2.C2H6/c1-7-13(2)12-20-24-23-17(6)25(20)22-21(14(3)16(5)27-22)15(4)18-8-10-19(26)11-9-18;1-7(11)9-5-3-2-4-8(9)6-10;1-7(10)9-4-6-11-5-3-8-2;1-2-5-3-4-6(9)8-7(5)10;1-2/h8-11,13,26H,4,7,12H2,1-3,5-6H3;2-6H,1H3;8H,3-6H2,1-2H3,(H,9,10);5H,2-4H2,1H3,(H,8,9,10);1-2H3. The van der Waals surface area contributed by atoms with Crippen LogP contribution in [0, 0.1) is 32.6 Å². The summed E-state index contributed by atoms with van der Waals surface area (Å²) in [6.45, 7) is 26.7. The second-order valence-electron chi connectivity index (χ2n) is 14.2. The minimum absolute atomic E-state index is 0.0118. The van der Waals surface area contributed by atoms with Crippen LogP contribution in [-0.4, -0.2) is 83.0 Å². The number of aryl methyl sites for hydroxylation is 2. The summed E-state index contributed by atoms with van der Waals surface area (Å²) >= 11 is 1.76. The number of aromatic hydroxyl groups is 1.